The van der Waals surface area contributed by atoms with Gasteiger partial charge in [0.1, 0.15) is 5.82 Å². The number of nitrogens with one attached hydrogen (secondary N) is 1. The van der Waals surface area contributed by atoms with Crippen molar-refractivity contribution in [2.24, 2.45) is 0 Å². The highest BCUT2D eigenvalue weighted by molar-refractivity contribution is 7.99. The Bertz CT molecular complexity index is 315. The van der Waals surface area contributed by atoms with Crippen LogP contribution in [0.5, 0.6) is 0 Å². The summed E-state index contributed by atoms with van der Waals surface area (Å²) in [5.41, 5.74) is 0. The average Bonchev–Trinajstić information content (AvgIpc) is 2.50. The van der Waals surface area contributed by atoms with E-state index < -0.39 is 0 Å². The number of thioether (sulfide) groups is 1. The molecule has 0 bridgehead atoms. The Hall–Kier alpha value is -0.550. The Morgan fingerprint density at radius 2 is 2.13 bits per heavy atom. The maximum Gasteiger partial charge on any atom is 0.208 e. The second-order valence-electron chi connectivity index (χ2n) is 4.07. The molecule has 1 fully saturated rings. The van der Waals surface area contributed by atoms with Crippen LogP contribution in [0.4, 0.5) is 0 Å². The Labute approximate surface area is 93.9 Å². The highest BCUT2D eigenvalue weighted by Crippen LogP contribution is 2.31. The molecule has 84 valence electrons. The number of H-pyrrole nitrogens is 1. The maximum atomic E-state index is 9.93. The predicted octanol–water partition coefficient (Wildman–Crippen LogP) is 1.90. The van der Waals surface area contributed by atoms with Crippen molar-refractivity contribution >= 4 is 11.8 Å². The second-order valence-corrected chi connectivity index (χ2v) is 5.27. The van der Waals surface area contributed by atoms with E-state index in [-0.39, 0.29) is 11.4 Å². The quantitative estimate of drug-likeness (QED) is 0.757. The van der Waals surface area contributed by atoms with E-state index >= 15 is 0 Å². The van der Waals surface area contributed by atoms with Gasteiger partial charge in [0.2, 0.25) is 5.16 Å². The molecule has 1 heterocycles. The predicted molar refractivity (Wildman–Crippen MR) is 59.9 cm³/mol. The van der Waals surface area contributed by atoms with Gasteiger partial charge >= 0.3 is 0 Å². The summed E-state index contributed by atoms with van der Waals surface area (Å²) < 4.78 is 0. The van der Waals surface area contributed by atoms with E-state index in [1.165, 1.54) is 12.8 Å². The lowest BCUT2D eigenvalue weighted by Gasteiger charge is -2.17. The molecule has 0 saturated heterocycles. The van der Waals surface area contributed by atoms with Gasteiger partial charge in [0, 0.05) is 5.25 Å². The topological polar surface area (TPSA) is 61.8 Å². The molecule has 1 aromatic rings. The Morgan fingerprint density at radius 1 is 1.33 bits per heavy atom. The van der Waals surface area contributed by atoms with Gasteiger partial charge in [-0.05, 0) is 19.8 Å². The van der Waals surface area contributed by atoms with Crippen molar-refractivity contribution in [1.29, 1.82) is 0 Å². The van der Waals surface area contributed by atoms with Gasteiger partial charge in [-0.2, -0.15) is 0 Å². The average molecular weight is 227 g/mol. The molecule has 5 heteroatoms. The normalized spacial score (nSPS) is 27.6. The third-order valence-electron chi connectivity index (χ3n) is 2.75. The minimum absolute atomic E-state index is 0.198. The van der Waals surface area contributed by atoms with Crippen LogP contribution in [0.3, 0.4) is 0 Å². The zero-order chi connectivity index (χ0) is 10.7. The molecule has 15 heavy (non-hydrogen) atoms. The Balaban J connectivity index is 1.97. The van der Waals surface area contributed by atoms with Crippen LogP contribution in [0, 0.1) is 6.92 Å². The molecule has 4 nitrogen and oxygen atoms in total. The number of aliphatic hydroxyl groups is 1. The van der Waals surface area contributed by atoms with E-state index in [9.17, 15) is 5.11 Å². The number of aliphatic hydroxyl groups excluding tert-OH is 1. The summed E-state index contributed by atoms with van der Waals surface area (Å²) in [6.45, 7) is 1.89. The fourth-order valence-electron chi connectivity index (χ4n) is 1.90. The van der Waals surface area contributed by atoms with Gasteiger partial charge in [0.25, 0.3) is 0 Å². The second kappa shape index (κ2) is 4.99. The van der Waals surface area contributed by atoms with E-state index in [1.807, 2.05) is 6.92 Å². The third kappa shape index (κ3) is 2.95. The fourth-order valence-corrected chi connectivity index (χ4v) is 3.04. The molecule has 2 atom stereocenters. The lowest BCUT2D eigenvalue weighted by molar-refractivity contribution is 0.163. The SMILES string of the molecule is Cc1nc(SC2CCCCCC2O)n[nH]1. The first-order chi connectivity index (χ1) is 7.25. The van der Waals surface area contributed by atoms with Crippen LogP contribution in [0.2, 0.25) is 0 Å². The molecule has 0 spiro atoms. The van der Waals surface area contributed by atoms with Gasteiger partial charge in [-0.15, -0.1) is 5.10 Å². The van der Waals surface area contributed by atoms with Gasteiger partial charge in [-0.1, -0.05) is 31.0 Å². The molecule has 1 aliphatic carbocycles. The standard InChI is InChI=1S/C10H17N3OS/c1-7-11-10(13-12-7)15-9-6-4-2-3-5-8(9)14/h8-9,14H,2-6H2,1H3,(H,11,12,13). The zero-order valence-electron chi connectivity index (χ0n) is 8.94. The molecule has 2 rings (SSSR count). The molecule has 1 aromatic heterocycles. The van der Waals surface area contributed by atoms with E-state index in [2.05, 4.69) is 15.2 Å². The number of hydrogen-bond acceptors (Lipinski definition) is 4. The van der Waals surface area contributed by atoms with Crippen LogP contribution in [0.25, 0.3) is 0 Å². The van der Waals surface area contributed by atoms with Gasteiger partial charge in [0.05, 0.1) is 6.10 Å². The third-order valence-corrected chi connectivity index (χ3v) is 4.00. The Kier molecular flexibility index (Phi) is 3.64. The first-order valence-electron chi connectivity index (χ1n) is 5.49. The van der Waals surface area contributed by atoms with E-state index in [0.717, 1.165) is 30.2 Å². The number of nitrogens with zero attached hydrogens (tertiary/aromatic N) is 2. The van der Waals surface area contributed by atoms with E-state index in [1.54, 1.807) is 11.8 Å². The van der Waals surface area contributed by atoms with Crippen molar-refractivity contribution in [3.05, 3.63) is 5.82 Å². The van der Waals surface area contributed by atoms with Crippen molar-refractivity contribution in [2.45, 2.75) is 55.5 Å². The molecule has 2 unspecified atom stereocenters. The highest BCUT2D eigenvalue weighted by atomic mass is 32.2. The lowest BCUT2D eigenvalue weighted by Crippen LogP contribution is -2.21. The van der Waals surface area contributed by atoms with Crippen LogP contribution in [-0.2, 0) is 0 Å². The summed E-state index contributed by atoms with van der Waals surface area (Å²) in [6, 6.07) is 0. The van der Waals surface area contributed by atoms with Crippen molar-refractivity contribution < 1.29 is 5.11 Å². The lowest BCUT2D eigenvalue weighted by atomic mass is 10.1. The van der Waals surface area contributed by atoms with Gasteiger partial charge in [-0.3, -0.25) is 5.10 Å². The first-order valence-corrected chi connectivity index (χ1v) is 6.37. The van der Waals surface area contributed by atoms with Crippen LogP contribution in [0.1, 0.15) is 37.9 Å². The van der Waals surface area contributed by atoms with Crippen molar-refractivity contribution in [3.63, 3.8) is 0 Å². The highest BCUT2D eigenvalue weighted by Gasteiger charge is 2.23. The van der Waals surface area contributed by atoms with Crippen molar-refractivity contribution in [3.8, 4) is 0 Å². The first kappa shape index (κ1) is 11.0. The van der Waals surface area contributed by atoms with Crippen LogP contribution in [0.15, 0.2) is 5.16 Å². The minimum atomic E-state index is -0.198. The van der Waals surface area contributed by atoms with Crippen LogP contribution < -0.4 is 0 Å². The van der Waals surface area contributed by atoms with Gasteiger partial charge in [-0.25, -0.2) is 4.98 Å². The molecular formula is C10H17N3OS. The van der Waals surface area contributed by atoms with Crippen molar-refractivity contribution in [1.82, 2.24) is 15.2 Å². The molecule has 1 aliphatic rings. The summed E-state index contributed by atoms with van der Waals surface area (Å²) in [6.07, 6.45) is 5.38. The Morgan fingerprint density at radius 3 is 2.87 bits per heavy atom. The number of aromatic nitrogens is 3. The molecule has 0 amide bonds. The summed E-state index contributed by atoms with van der Waals surface area (Å²) >= 11 is 1.60. The molecule has 0 aromatic carbocycles. The molecular weight excluding hydrogens is 210 g/mol. The van der Waals surface area contributed by atoms with Gasteiger partial charge < -0.3 is 5.11 Å². The largest absolute Gasteiger partial charge is 0.392 e. The summed E-state index contributed by atoms with van der Waals surface area (Å²) in [5, 5.41) is 17.9. The maximum absolute atomic E-state index is 9.93. The van der Waals surface area contributed by atoms with Crippen molar-refractivity contribution in [2.75, 3.05) is 0 Å². The minimum Gasteiger partial charge on any atom is -0.392 e. The molecule has 1 saturated carbocycles. The number of aromatic amines is 1. The molecule has 0 radical (unpaired) electrons. The number of hydrogen-bond donors (Lipinski definition) is 2. The fraction of sp³-hybridized carbons (Fsp3) is 0.800. The van der Waals surface area contributed by atoms with Crippen LogP contribution >= 0.6 is 11.8 Å². The smallest absolute Gasteiger partial charge is 0.208 e. The van der Waals surface area contributed by atoms with E-state index in [0.29, 0.717) is 0 Å². The molecule has 0 aliphatic heterocycles. The zero-order valence-corrected chi connectivity index (χ0v) is 9.76. The number of rotatable bonds is 2. The summed E-state index contributed by atoms with van der Waals surface area (Å²) in [4.78, 5) is 4.26. The monoisotopic (exact) mass is 227 g/mol. The van der Waals surface area contributed by atoms with E-state index in [4.69, 9.17) is 0 Å². The van der Waals surface area contributed by atoms with Gasteiger partial charge in [0.15, 0.2) is 0 Å². The number of aryl methyl sites for hydroxylation is 1. The van der Waals surface area contributed by atoms with Crippen LogP contribution in [-0.4, -0.2) is 31.6 Å². The summed E-state index contributed by atoms with van der Waals surface area (Å²) in [7, 11) is 0. The molecule has 2 N–H and O–H groups in total. The summed E-state index contributed by atoms with van der Waals surface area (Å²) in [5.74, 6) is 0.834.